The molecule has 0 radical (unpaired) electrons. The van der Waals surface area contributed by atoms with Crippen LogP contribution in [-0.4, -0.2) is 136 Å². The topological polar surface area (TPSA) is 217 Å². The fraction of sp³-hybridized carbons (Fsp3) is 0.963. The van der Waals surface area contributed by atoms with Gasteiger partial charge in [0.2, 0.25) is 0 Å². The molecular formula is C27H45NaO14. The van der Waals surface area contributed by atoms with Crippen LogP contribution in [0.3, 0.4) is 0 Å². The Bertz CT molecular complexity index is 833. The molecule has 15 heteroatoms. The first-order chi connectivity index (χ1) is 19.5. The molecule has 1 aliphatic carbocycles. The third kappa shape index (κ3) is 8.62. The maximum atomic E-state index is 12.0. The monoisotopic (exact) mass is 616 g/mol. The van der Waals surface area contributed by atoms with Crippen LogP contribution in [0.4, 0.5) is 0 Å². The van der Waals surface area contributed by atoms with Crippen LogP contribution in [0, 0.1) is 5.92 Å². The van der Waals surface area contributed by atoms with Crippen molar-refractivity contribution in [2.75, 3.05) is 13.2 Å². The second kappa shape index (κ2) is 16.5. The summed E-state index contributed by atoms with van der Waals surface area (Å²) in [5.74, 6) is -1.35. The van der Waals surface area contributed by atoms with Gasteiger partial charge in [0.1, 0.15) is 48.8 Å². The predicted molar refractivity (Wildman–Crippen MR) is 135 cm³/mol. The van der Waals surface area contributed by atoms with Crippen molar-refractivity contribution in [2.45, 2.75) is 145 Å². The summed E-state index contributed by atoms with van der Waals surface area (Å²) in [6.07, 6.45) is -12.4. The molecule has 0 amide bonds. The van der Waals surface area contributed by atoms with Crippen molar-refractivity contribution in [3.63, 3.8) is 0 Å². The Hall–Kier alpha value is -0.0100. The zero-order valence-electron chi connectivity index (χ0n) is 24.5. The number of carbonyl (C=O) groups is 1. The van der Waals surface area contributed by atoms with Crippen LogP contribution in [0.25, 0.3) is 0 Å². The first-order valence-corrected chi connectivity index (χ1v) is 14.6. The second-order valence-corrected chi connectivity index (χ2v) is 11.7. The Balaban J connectivity index is 0.00000484. The number of rotatable bonds is 10. The molecule has 3 saturated heterocycles. The van der Waals surface area contributed by atoms with E-state index in [0.717, 1.165) is 32.1 Å². The standard InChI is InChI=1S/C27H46O14.Na/c1-12-18(29)20(31)21(32)26(37-12)41-23-13(2)36-9-8-15(23)39-27-22(33)24(19(30)17(11-28)40-27)38-16(25(34)35)10-14-6-4-3-5-7-14;/h12-24,26-33H,3-11H2,1-2H3,(H,34,35);/q;+1/p-1/t12-,13+,15-,16+,17-,18+,19-,20+,21+,22+,23+,24-,26-,27+;/m0./s1. The third-order valence-electron chi connectivity index (χ3n) is 8.70. The molecule has 14 nitrogen and oxygen atoms in total. The number of carboxylic acids is 1. The number of aliphatic hydroxyl groups is 6. The van der Waals surface area contributed by atoms with E-state index in [1.54, 1.807) is 6.92 Å². The van der Waals surface area contributed by atoms with Crippen molar-refractivity contribution in [3.8, 4) is 0 Å². The van der Waals surface area contributed by atoms with Gasteiger partial charge in [0.05, 0.1) is 37.0 Å². The number of aliphatic carboxylic acids is 1. The Labute approximate surface area is 267 Å². The first-order valence-electron chi connectivity index (χ1n) is 14.6. The van der Waals surface area contributed by atoms with Gasteiger partial charge in [-0.25, -0.2) is 0 Å². The van der Waals surface area contributed by atoms with Crippen LogP contribution in [-0.2, 0) is 33.2 Å². The summed E-state index contributed by atoms with van der Waals surface area (Å²) in [4.78, 5) is 12.0. The van der Waals surface area contributed by atoms with Crippen LogP contribution in [0.2, 0.25) is 0 Å². The number of ether oxygens (including phenoxy) is 6. The summed E-state index contributed by atoms with van der Waals surface area (Å²) in [6, 6.07) is 0. The van der Waals surface area contributed by atoms with Gasteiger partial charge in [0.25, 0.3) is 0 Å². The van der Waals surface area contributed by atoms with E-state index in [1.807, 2.05) is 0 Å². The quantitative estimate of drug-likeness (QED) is 0.126. The van der Waals surface area contributed by atoms with E-state index in [9.17, 15) is 40.5 Å². The molecule has 0 unspecified atom stereocenters. The van der Waals surface area contributed by atoms with Crippen LogP contribution in [0.5, 0.6) is 0 Å². The Kier molecular flexibility index (Phi) is 14.3. The van der Waals surface area contributed by atoms with Gasteiger partial charge in [-0.05, 0) is 32.6 Å². The van der Waals surface area contributed by atoms with Gasteiger partial charge in [-0.3, -0.25) is 0 Å². The number of carboxylic acid groups (broad SMARTS) is 1. The molecule has 4 fully saturated rings. The smallest absolute Gasteiger partial charge is 0.547 e. The molecule has 3 aliphatic heterocycles. The van der Waals surface area contributed by atoms with Crippen molar-refractivity contribution in [2.24, 2.45) is 5.92 Å². The van der Waals surface area contributed by atoms with Crippen molar-refractivity contribution < 1.29 is 98.5 Å². The van der Waals surface area contributed by atoms with E-state index >= 15 is 0 Å². The summed E-state index contributed by atoms with van der Waals surface area (Å²) in [6.45, 7) is 2.81. The number of carbonyl (C=O) groups excluding carboxylic acids is 1. The van der Waals surface area contributed by atoms with Crippen LogP contribution < -0.4 is 34.7 Å². The average Bonchev–Trinajstić information content (AvgIpc) is 2.95. The molecule has 4 rings (SSSR count). The van der Waals surface area contributed by atoms with Gasteiger partial charge in [-0.1, -0.05) is 32.1 Å². The molecule has 0 aromatic carbocycles. The third-order valence-corrected chi connectivity index (χ3v) is 8.70. The van der Waals surface area contributed by atoms with E-state index in [1.165, 1.54) is 6.92 Å². The average molecular weight is 617 g/mol. The molecule has 42 heavy (non-hydrogen) atoms. The summed E-state index contributed by atoms with van der Waals surface area (Å²) in [5.41, 5.74) is 0. The number of hydrogen-bond donors (Lipinski definition) is 6. The maximum Gasteiger partial charge on any atom is 1.00 e. The Morgan fingerprint density at radius 2 is 1.50 bits per heavy atom. The fourth-order valence-corrected chi connectivity index (χ4v) is 6.18. The van der Waals surface area contributed by atoms with Crippen LogP contribution in [0.15, 0.2) is 0 Å². The van der Waals surface area contributed by atoms with Crippen LogP contribution in [0.1, 0.15) is 58.8 Å². The SMILES string of the molecule is C[C@@H]1O[C@@H](O[C@H]2[C@@H](O[C@@H]3O[C@@H](CO)[C@H](O)[C@H](O[C@H](CC4CCCCC4)C(=O)[O-])[C@H]3O)CCO[C@@H]2C)[C@H](O)[C@H](O)[C@@H]1O.[Na+]. The zero-order chi connectivity index (χ0) is 29.8. The van der Waals surface area contributed by atoms with Crippen molar-refractivity contribution >= 4 is 5.97 Å². The minimum atomic E-state index is -1.65. The van der Waals surface area contributed by atoms with Gasteiger partial charge in [-0.2, -0.15) is 0 Å². The summed E-state index contributed by atoms with van der Waals surface area (Å²) in [7, 11) is 0. The molecule has 4 aliphatic rings. The van der Waals surface area contributed by atoms with Gasteiger partial charge in [0.15, 0.2) is 12.6 Å². The Morgan fingerprint density at radius 3 is 2.14 bits per heavy atom. The molecule has 0 aromatic rings. The van der Waals surface area contributed by atoms with E-state index in [0.29, 0.717) is 0 Å². The van der Waals surface area contributed by atoms with E-state index in [-0.39, 0.29) is 54.9 Å². The minimum absolute atomic E-state index is 0. The van der Waals surface area contributed by atoms with Crippen molar-refractivity contribution in [3.05, 3.63) is 0 Å². The molecule has 6 N–H and O–H groups in total. The molecular weight excluding hydrogens is 571 g/mol. The van der Waals surface area contributed by atoms with E-state index in [4.69, 9.17) is 28.4 Å². The van der Waals surface area contributed by atoms with Gasteiger partial charge < -0.3 is 69.0 Å². The van der Waals surface area contributed by atoms with E-state index in [2.05, 4.69) is 0 Å². The van der Waals surface area contributed by atoms with Crippen molar-refractivity contribution in [1.82, 2.24) is 0 Å². The van der Waals surface area contributed by atoms with Crippen molar-refractivity contribution in [1.29, 1.82) is 0 Å². The molecule has 0 bridgehead atoms. The first kappa shape index (κ1) is 36.5. The van der Waals surface area contributed by atoms with Gasteiger partial charge in [-0.15, -0.1) is 0 Å². The summed E-state index contributed by atoms with van der Waals surface area (Å²) < 4.78 is 34.7. The summed E-state index contributed by atoms with van der Waals surface area (Å²) in [5, 5.41) is 74.4. The largest absolute Gasteiger partial charge is 1.00 e. The van der Waals surface area contributed by atoms with Gasteiger partial charge >= 0.3 is 29.6 Å². The molecule has 14 atom stereocenters. The molecule has 0 spiro atoms. The van der Waals surface area contributed by atoms with E-state index < -0.39 is 98.4 Å². The van der Waals surface area contributed by atoms with Gasteiger partial charge in [0, 0.05) is 6.61 Å². The molecule has 0 aromatic heterocycles. The second-order valence-electron chi connectivity index (χ2n) is 11.7. The molecule has 3 heterocycles. The maximum absolute atomic E-state index is 12.0. The normalized spacial score (nSPS) is 44.2. The van der Waals surface area contributed by atoms with Crippen LogP contribution >= 0.6 is 0 Å². The number of aliphatic hydroxyl groups excluding tert-OH is 6. The Morgan fingerprint density at radius 1 is 0.833 bits per heavy atom. The fourth-order valence-electron chi connectivity index (χ4n) is 6.18. The number of hydrogen-bond acceptors (Lipinski definition) is 14. The molecule has 238 valence electrons. The predicted octanol–water partition coefficient (Wildman–Crippen LogP) is -5.69. The zero-order valence-corrected chi connectivity index (χ0v) is 26.5. The molecule has 1 saturated carbocycles. The minimum Gasteiger partial charge on any atom is -0.547 e. The summed E-state index contributed by atoms with van der Waals surface area (Å²) >= 11 is 0.